The van der Waals surface area contributed by atoms with E-state index < -0.39 is 0 Å². The van der Waals surface area contributed by atoms with Crippen molar-refractivity contribution < 1.29 is 18.2 Å². The number of piperidine rings is 1. The molecule has 0 aliphatic carbocycles. The largest absolute Gasteiger partial charge is 0.342 e. The second-order valence-corrected chi connectivity index (χ2v) is 6.53. The summed E-state index contributed by atoms with van der Waals surface area (Å²) in [5.74, 6) is 1.62. The lowest BCUT2D eigenvalue weighted by Crippen LogP contribution is -2.39. The lowest BCUT2D eigenvalue weighted by Gasteiger charge is -2.30. The van der Waals surface area contributed by atoms with Gasteiger partial charge in [0.2, 0.25) is 11.8 Å². The summed E-state index contributed by atoms with van der Waals surface area (Å²) in [7, 11) is 0. The van der Waals surface area contributed by atoms with E-state index in [1.54, 1.807) is 24.0 Å². The van der Waals surface area contributed by atoms with Crippen molar-refractivity contribution in [1.82, 2.24) is 25.2 Å². The van der Waals surface area contributed by atoms with Crippen molar-refractivity contribution in [3.63, 3.8) is 0 Å². The molecule has 4 rings (SSSR count). The van der Waals surface area contributed by atoms with Gasteiger partial charge in [-0.25, -0.2) is 4.39 Å². The quantitative estimate of drug-likeness (QED) is 0.695. The van der Waals surface area contributed by atoms with E-state index in [1.807, 2.05) is 0 Å². The van der Waals surface area contributed by atoms with Gasteiger partial charge in [0.05, 0.1) is 0 Å². The predicted octanol–water partition coefficient (Wildman–Crippen LogP) is 2.52. The van der Waals surface area contributed by atoms with Crippen LogP contribution in [0.2, 0.25) is 0 Å². The van der Waals surface area contributed by atoms with Gasteiger partial charge in [-0.05, 0) is 44.0 Å². The highest BCUT2D eigenvalue weighted by Crippen LogP contribution is 2.28. The smallest absolute Gasteiger partial charge is 0.257 e. The van der Waals surface area contributed by atoms with Crippen molar-refractivity contribution in [3.8, 4) is 11.5 Å². The van der Waals surface area contributed by atoms with Crippen molar-refractivity contribution in [2.75, 3.05) is 13.1 Å². The molecular formula is C18H18FN5O3. The molecule has 0 spiro atoms. The van der Waals surface area contributed by atoms with E-state index in [1.165, 1.54) is 12.1 Å². The first-order chi connectivity index (χ1) is 13.1. The Morgan fingerprint density at radius 2 is 1.89 bits per heavy atom. The zero-order chi connectivity index (χ0) is 18.8. The summed E-state index contributed by atoms with van der Waals surface area (Å²) in [6, 6.07) is 5.92. The van der Waals surface area contributed by atoms with Gasteiger partial charge in [0.25, 0.3) is 5.89 Å². The zero-order valence-corrected chi connectivity index (χ0v) is 14.8. The molecule has 0 radical (unpaired) electrons. The second-order valence-electron chi connectivity index (χ2n) is 6.53. The van der Waals surface area contributed by atoms with Crippen LogP contribution in [0.3, 0.4) is 0 Å². The molecule has 1 aliphatic heterocycles. The van der Waals surface area contributed by atoms with Crippen molar-refractivity contribution in [2.24, 2.45) is 0 Å². The van der Waals surface area contributed by atoms with Crippen molar-refractivity contribution in [1.29, 1.82) is 0 Å². The van der Waals surface area contributed by atoms with Crippen LogP contribution in [0.5, 0.6) is 0 Å². The Labute approximate surface area is 154 Å². The van der Waals surface area contributed by atoms with Gasteiger partial charge >= 0.3 is 0 Å². The van der Waals surface area contributed by atoms with E-state index in [0.29, 0.717) is 42.1 Å². The minimum absolute atomic E-state index is 0.0304. The molecule has 2 aromatic heterocycles. The van der Waals surface area contributed by atoms with Gasteiger partial charge in [-0.2, -0.15) is 9.97 Å². The van der Waals surface area contributed by atoms with E-state index in [9.17, 15) is 9.18 Å². The Hall–Kier alpha value is -3.10. The fourth-order valence-electron chi connectivity index (χ4n) is 3.15. The predicted molar refractivity (Wildman–Crippen MR) is 91.0 cm³/mol. The average molecular weight is 371 g/mol. The highest BCUT2D eigenvalue weighted by molar-refractivity contribution is 5.77. The summed E-state index contributed by atoms with van der Waals surface area (Å²) in [6.07, 6.45) is 1.61. The first kappa shape index (κ1) is 17.3. The van der Waals surface area contributed by atoms with Gasteiger partial charge in [-0.15, -0.1) is 0 Å². The normalized spacial score (nSPS) is 15.3. The average Bonchev–Trinajstić information content (AvgIpc) is 3.32. The van der Waals surface area contributed by atoms with Gasteiger partial charge in [0, 0.05) is 24.6 Å². The minimum Gasteiger partial charge on any atom is -0.342 e. The third-order valence-corrected chi connectivity index (χ3v) is 4.62. The van der Waals surface area contributed by atoms with E-state index in [0.717, 1.165) is 12.8 Å². The van der Waals surface area contributed by atoms with Crippen LogP contribution in [-0.4, -0.2) is 44.2 Å². The van der Waals surface area contributed by atoms with Gasteiger partial charge < -0.3 is 13.9 Å². The molecule has 0 saturated carbocycles. The number of hydrogen-bond acceptors (Lipinski definition) is 7. The molecule has 9 heteroatoms. The molecule has 0 bridgehead atoms. The maximum Gasteiger partial charge on any atom is 0.257 e. The number of rotatable bonds is 4. The number of amides is 1. The molecule has 1 aromatic carbocycles. The summed E-state index contributed by atoms with van der Waals surface area (Å²) < 4.78 is 23.3. The fraction of sp³-hybridized carbons (Fsp3) is 0.389. The number of benzene rings is 1. The molecule has 3 heterocycles. The highest BCUT2D eigenvalue weighted by Gasteiger charge is 2.28. The Kier molecular flexibility index (Phi) is 4.66. The second kappa shape index (κ2) is 7.26. The van der Waals surface area contributed by atoms with Crippen LogP contribution < -0.4 is 0 Å². The molecule has 0 atom stereocenters. The van der Waals surface area contributed by atoms with Gasteiger partial charge in [-0.1, -0.05) is 10.3 Å². The van der Waals surface area contributed by atoms with E-state index in [-0.39, 0.29) is 24.1 Å². The molecule has 0 unspecified atom stereocenters. The van der Waals surface area contributed by atoms with Crippen LogP contribution in [0, 0.1) is 12.7 Å². The summed E-state index contributed by atoms with van der Waals surface area (Å²) >= 11 is 0. The van der Waals surface area contributed by atoms with Crippen LogP contribution in [0.25, 0.3) is 11.5 Å². The Morgan fingerprint density at radius 1 is 1.15 bits per heavy atom. The van der Waals surface area contributed by atoms with Gasteiger partial charge in [0.15, 0.2) is 11.6 Å². The first-order valence-electron chi connectivity index (χ1n) is 8.75. The highest BCUT2D eigenvalue weighted by atomic mass is 19.1. The Bertz CT molecular complexity index is 929. The third kappa shape index (κ3) is 3.86. The standard InChI is InChI=1S/C18H18FN5O3/c1-11-20-15(26-22-11)10-16(25)24-8-6-12(7-9-24)17-21-18(27-23-17)13-2-4-14(19)5-3-13/h2-5,12H,6-10H2,1H3. The molecular weight excluding hydrogens is 353 g/mol. The van der Waals surface area contributed by atoms with Crippen LogP contribution in [0.1, 0.15) is 36.3 Å². The van der Waals surface area contributed by atoms with Crippen LogP contribution in [0.4, 0.5) is 4.39 Å². The lowest BCUT2D eigenvalue weighted by molar-refractivity contribution is -0.131. The number of aromatic nitrogens is 4. The van der Waals surface area contributed by atoms with E-state index in [2.05, 4.69) is 20.3 Å². The minimum atomic E-state index is -0.314. The number of carbonyl (C=O) groups is 1. The summed E-state index contributed by atoms with van der Waals surface area (Å²) in [5, 5.41) is 7.76. The number of hydrogen-bond donors (Lipinski definition) is 0. The summed E-state index contributed by atoms with van der Waals surface area (Å²) in [4.78, 5) is 22.6. The molecule has 140 valence electrons. The molecule has 0 N–H and O–H groups in total. The number of halogens is 1. The van der Waals surface area contributed by atoms with Crippen LogP contribution >= 0.6 is 0 Å². The number of nitrogens with zero attached hydrogens (tertiary/aromatic N) is 5. The van der Waals surface area contributed by atoms with Crippen molar-refractivity contribution >= 4 is 5.91 Å². The zero-order valence-electron chi connectivity index (χ0n) is 14.8. The maximum absolute atomic E-state index is 13.0. The molecule has 1 aliphatic rings. The van der Waals surface area contributed by atoms with Crippen molar-refractivity contribution in [3.05, 3.63) is 47.6 Å². The third-order valence-electron chi connectivity index (χ3n) is 4.62. The molecule has 3 aromatic rings. The van der Waals surface area contributed by atoms with Crippen LogP contribution in [-0.2, 0) is 11.2 Å². The number of carbonyl (C=O) groups excluding carboxylic acids is 1. The molecule has 1 fully saturated rings. The maximum atomic E-state index is 13.0. The van der Waals surface area contributed by atoms with Crippen molar-refractivity contribution in [2.45, 2.75) is 32.1 Å². The lowest BCUT2D eigenvalue weighted by atomic mass is 9.96. The molecule has 27 heavy (non-hydrogen) atoms. The Balaban J connectivity index is 1.35. The molecule has 1 amide bonds. The summed E-state index contributed by atoms with van der Waals surface area (Å²) in [6.45, 7) is 2.93. The molecule has 8 nitrogen and oxygen atoms in total. The fourth-order valence-corrected chi connectivity index (χ4v) is 3.15. The topological polar surface area (TPSA) is 98.2 Å². The van der Waals surface area contributed by atoms with Gasteiger partial charge in [-0.3, -0.25) is 4.79 Å². The van der Waals surface area contributed by atoms with Crippen LogP contribution in [0.15, 0.2) is 33.3 Å². The first-order valence-corrected chi connectivity index (χ1v) is 8.75. The molecule has 1 saturated heterocycles. The monoisotopic (exact) mass is 371 g/mol. The van der Waals surface area contributed by atoms with E-state index >= 15 is 0 Å². The number of likely N-dealkylation sites (tertiary alicyclic amines) is 1. The summed E-state index contributed by atoms with van der Waals surface area (Å²) in [5.41, 5.74) is 0.678. The Morgan fingerprint density at radius 3 is 2.56 bits per heavy atom. The SMILES string of the molecule is Cc1noc(CC(=O)N2CCC(c3noc(-c4ccc(F)cc4)n3)CC2)n1. The van der Waals surface area contributed by atoms with Gasteiger partial charge in [0.1, 0.15) is 12.2 Å². The van der Waals surface area contributed by atoms with E-state index in [4.69, 9.17) is 9.05 Å². The number of aryl methyl sites for hydroxylation is 1.